The summed E-state index contributed by atoms with van der Waals surface area (Å²) >= 11 is 0. The number of sulfonamides is 1. The topological polar surface area (TPSA) is 127 Å². The van der Waals surface area contributed by atoms with E-state index in [0.29, 0.717) is 12.8 Å². The summed E-state index contributed by atoms with van der Waals surface area (Å²) in [6.07, 6.45) is 0.785. The monoisotopic (exact) mass is 315 g/mol. The van der Waals surface area contributed by atoms with Crippen molar-refractivity contribution in [1.29, 1.82) is 0 Å². The molecule has 0 aromatic heterocycles. The fourth-order valence-corrected chi connectivity index (χ4v) is 3.60. The number of hydrogen-bond donors (Lipinski definition) is 2. The van der Waals surface area contributed by atoms with Gasteiger partial charge in [0, 0.05) is 19.7 Å². The van der Waals surface area contributed by atoms with E-state index in [-0.39, 0.29) is 29.1 Å². The second kappa shape index (κ2) is 5.58. The lowest BCUT2D eigenvalue weighted by molar-refractivity contribution is -0.384. The van der Waals surface area contributed by atoms with Gasteiger partial charge in [-0.15, -0.1) is 0 Å². The van der Waals surface area contributed by atoms with Gasteiger partial charge in [0.15, 0.2) is 0 Å². The van der Waals surface area contributed by atoms with Crippen molar-refractivity contribution in [3.05, 3.63) is 28.3 Å². The first-order valence-corrected chi connectivity index (χ1v) is 7.84. The van der Waals surface area contributed by atoms with E-state index in [9.17, 15) is 23.6 Å². The standard InChI is InChI=1S/C12H17N3O5S/c1-14(7-8-4-9(16)5-8)21(19,20)10-2-3-11(13)12(6-10)15(17)18/h2-3,6,8-9,16H,4-5,7,13H2,1H3. The van der Waals surface area contributed by atoms with Crippen LogP contribution in [-0.2, 0) is 10.0 Å². The third-order valence-corrected chi connectivity index (χ3v) is 5.45. The summed E-state index contributed by atoms with van der Waals surface area (Å²) in [5.41, 5.74) is 4.95. The van der Waals surface area contributed by atoms with Crippen LogP contribution in [0.3, 0.4) is 0 Å². The molecule has 0 aliphatic heterocycles. The molecule has 0 radical (unpaired) electrons. The Bertz CT molecular complexity index is 655. The van der Waals surface area contributed by atoms with Gasteiger partial charge in [0.1, 0.15) is 5.69 Å². The molecule has 1 fully saturated rings. The molecule has 0 atom stereocenters. The molecule has 1 aromatic rings. The van der Waals surface area contributed by atoms with E-state index in [1.807, 2.05) is 0 Å². The minimum Gasteiger partial charge on any atom is -0.393 e. The second-order valence-corrected chi connectivity index (χ2v) is 7.30. The van der Waals surface area contributed by atoms with Crippen molar-refractivity contribution in [2.24, 2.45) is 5.92 Å². The zero-order chi connectivity index (χ0) is 15.8. The van der Waals surface area contributed by atoms with Crippen LogP contribution < -0.4 is 5.73 Å². The number of rotatable bonds is 5. The molecule has 9 heteroatoms. The van der Waals surface area contributed by atoms with Crippen LogP contribution in [0, 0.1) is 16.0 Å². The SMILES string of the molecule is CN(CC1CC(O)C1)S(=O)(=O)c1ccc(N)c([N+](=O)[O-])c1. The predicted octanol–water partition coefficient (Wildman–Crippen LogP) is 0.568. The first-order chi connectivity index (χ1) is 9.71. The molecule has 0 unspecified atom stereocenters. The number of nitro groups is 1. The van der Waals surface area contributed by atoms with E-state index in [1.54, 1.807) is 0 Å². The van der Waals surface area contributed by atoms with Crippen LogP contribution >= 0.6 is 0 Å². The molecule has 0 amide bonds. The van der Waals surface area contributed by atoms with Crippen LogP contribution in [0.4, 0.5) is 11.4 Å². The quantitative estimate of drug-likeness (QED) is 0.464. The van der Waals surface area contributed by atoms with Gasteiger partial charge < -0.3 is 10.8 Å². The molecule has 116 valence electrons. The molecule has 1 saturated carbocycles. The Morgan fingerprint density at radius 3 is 2.62 bits per heavy atom. The highest BCUT2D eigenvalue weighted by Gasteiger charge is 2.32. The maximum Gasteiger partial charge on any atom is 0.293 e. The Kier molecular flexibility index (Phi) is 4.17. The van der Waals surface area contributed by atoms with Gasteiger partial charge in [0.25, 0.3) is 5.69 Å². The molecule has 8 nitrogen and oxygen atoms in total. The van der Waals surface area contributed by atoms with Gasteiger partial charge in [-0.05, 0) is 30.9 Å². The molecule has 1 aliphatic carbocycles. The molecule has 0 bridgehead atoms. The van der Waals surface area contributed by atoms with Crippen LogP contribution in [0.5, 0.6) is 0 Å². The smallest absolute Gasteiger partial charge is 0.293 e. The molecule has 0 spiro atoms. The molecule has 1 aliphatic rings. The second-order valence-electron chi connectivity index (χ2n) is 5.25. The number of nitro benzene ring substituents is 1. The zero-order valence-corrected chi connectivity index (χ0v) is 12.3. The highest BCUT2D eigenvalue weighted by atomic mass is 32.2. The molecule has 3 N–H and O–H groups in total. The summed E-state index contributed by atoms with van der Waals surface area (Å²) in [5.74, 6) is 0.114. The number of nitrogens with zero attached hydrogens (tertiary/aromatic N) is 2. The van der Waals surface area contributed by atoms with Crippen molar-refractivity contribution < 1.29 is 18.4 Å². The Morgan fingerprint density at radius 1 is 1.48 bits per heavy atom. The lowest BCUT2D eigenvalue weighted by atomic mass is 9.82. The van der Waals surface area contributed by atoms with Crippen LogP contribution in [0.15, 0.2) is 23.1 Å². The maximum absolute atomic E-state index is 12.4. The summed E-state index contributed by atoms with van der Waals surface area (Å²) in [6, 6.07) is 3.44. The molecule has 21 heavy (non-hydrogen) atoms. The van der Waals surface area contributed by atoms with Crippen LogP contribution in [0.1, 0.15) is 12.8 Å². The lowest BCUT2D eigenvalue weighted by Crippen LogP contribution is -2.39. The maximum atomic E-state index is 12.4. The molecule has 0 saturated heterocycles. The highest BCUT2D eigenvalue weighted by molar-refractivity contribution is 7.89. The summed E-state index contributed by atoms with van der Waals surface area (Å²) in [4.78, 5) is 9.96. The van der Waals surface area contributed by atoms with Crippen LogP contribution in [0.2, 0.25) is 0 Å². The van der Waals surface area contributed by atoms with Crippen molar-refractivity contribution in [2.45, 2.75) is 23.8 Å². The fourth-order valence-electron chi connectivity index (χ4n) is 2.33. The number of nitrogen functional groups attached to an aromatic ring is 1. The summed E-state index contributed by atoms with van der Waals surface area (Å²) in [6.45, 7) is 0.275. The molecule has 2 rings (SSSR count). The van der Waals surface area contributed by atoms with Gasteiger partial charge >= 0.3 is 0 Å². The van der Waals surface area contributed by atoms with E-state index in [0.717, 1.165) is 10.4 Å². The Hall–Kier alpha value is -1.71. The third-order valence-electron chi connectivity index (χ3n) is 3.63. The van der Waals surface area contributed by atoms with Crippen molar-refractivity contribution in [3.63, 3.8) is 0 Å². The zero-order valence-electron chi connectivity index (χ0n) is 11.5. The van der Waals surface area contributed by atoms with Crippen LogP contribution in [0.25, 0.3) is 0 Å². The van der Waals surface area contributed by atoms with Crippen molar-refractivity contribution in [1.82, 2.24) is 4.31 Å². The fraction of sp³-hybridized carbons (Fsp3) is 0.500. The van der Waals surface area contributed by atoms with E-state index >= 15 is 0 Å². The Labute approximate surface area is 122 Å². The first-order valence-electron chi connectivity index (χ1n) is 6.40. The predicted molar refractivity (Wildman–Crippen MR) is 76.1 cm³/mol. The van der Waals surface area contributed by atoms with Gasteiger partial charge in [-0.2, -0.15) is 0 Å². The number of anilines is 1. The third kappa shape index (κ3) is 3.14. The van der Waals surface area contributed by atoms with Gasteiger partial charge in [0.2, 0.25) is 10.0 Å². The van der Waals surface area contributed by atoms with E-state index in [1.165, 1.54) is 19.2 Å². The number of aliphatic hydroxyl groups excluding tert-OH is 1. The van der Waals surface area contributed by atoms with Crippen molar-refractivity contribution in [3.8, 4) is 0 Å². The van der Waals surface area contributed by atoms with Gasteiger partial charge in [-0.25, -0.2) is 12.7 Å². The Balaban J connectivity index is 2.22. The minimum absolute atomic E-state index is 0.0799. The van der Waals surface area contributed by atoms with Crippen molar-refractivity contribution >= 4 is 21.4 Å². The Morgan fingerprint density at radius 2 is 2.10 bits per heavy atom. The average molecular weight is 315 g/mol. The lowest BCUT2D eigenvalue weighted by Gasteiger charge is -2.34. The van der Waals surface area contributed by atoms with E-state index in [4.69, 9.17) is 5.73 Å². The number of hydrogen-bond acceptors (Lipinski definition) is 6. The van der Waals surface area contributed by atoms with Gasteiger partial charge in [0.05, 0.1) is 15.9 Å². The van der Waals surface area contributed by atoms with Gasteiger partial charge in [-0.1, -0.05) is 0 Å². The van der Waals surface area contributed by atoms with Crippen molar-refractivity contribution in [2.75, 3.05) is 19.3 Å². The number of aliphatic hydroxyl groups is 1. The average Bonchev–Trinajstić information content (AvgIpc) is 2.36. The summed E-state index contributed by atoms with van der Waals surface area (Å²) < 4.78 is 25.9. The normalized spacial score (nSPS) is 22.0. The first kappa shape index (κ1) is 15.7. The molecular formula is C12H17N3O5S. The van der Waals surface area contributed by atoms with Gasteiger partial charge in [-0.3, -0.25) is 10.1 Å². The summed E-state index contributed by atoms with van der Waals surface area (Å²) in [5, 5.41) is 20.1. The largest absolute Gasteiger partial charge is 0.393 e. The number of benzene rings is 1. The summed E-state index contributed by atoms with van der Waals surface area (Å²) in [7, 11) is -2.39. The van der Waals surface area contributed by atoms with E-state index < -0.39 is 20.6 Å². The van der Waals surface area contributed by atoms with Crippen LogP contribution in [-0.4, -0.2) is 42.4 Å². The molecule has 1 aromatic carbocycles. The molecule has 0 heterocycles. The highest BCUT2D eigenvalue weighted by Crippen LogP contribution is 2.30. The minimum atomic E-state index is -3.81. The molecular weight excluding hydrogens is 298 g/mol. The van der Waals surface area contributed by atoms with E-state index in [2.05, 4.69) is 0 Å². The number of nitrogens with two attached hydrogens (primary N) is 1.